The summed E-state index contributed by atoms with van der Waals surface area (Å²) in [5.74, 6) is -0.198. The van der Waals surface area contributed by atoms with Crippen molar-refractivity contribution in [3.05, 3.63) is 29.8 Å². The maximum absolute atomic E-state index is 12.0. The topological polar surface area (TPSA) is 29.5 Å². The zero-order valence-corrected chi connectivity index (χ0v) is 8.79. The predicted molar refractivity (Wildman–Crippen MR) is 53.1 cm³/mol. The Morgan fingerprint density at radius 3 is 2.50 bits per heavy atom. The van der Waals surface area contributed by atoms with Gasteiger partial charge in [0.2, 0.25) is 0 Å². The number of rotatable bonds is 4. The van der Waals surface area contributed by atoms with Gasteiger partial charge in [-0.3, -0.25) is 0 Å². The van der Waals surface area contributed by atoms with Crippen LogP contribution in [0.2, 0.25) is 0 Å². The van der Waals surface area contributed by atoms with Crippen molar-refractivity contribution in [2.24, 2.45) is 0 Å². The number of aliphatic hydroxyl groups is 1. The molecule has 0 bridgehead atoms. The van der Waals surface area contributed by atoms with E-state index in [4.69, 9.17) is 5.11 Å². The first kappa shape index (κ1) is 12.8. The van der Waals surface area contributed by atoms with Gasteiger partial charge in [-0.1, -0.05) is 18.2 Å². The summed E-state index contributed by atoms with van der Waals surface area (Å²) in [6.45, 7) is 1.59. The van der Waals surface area contributed by atoms with E-state index in [0.29, 0.717) is 18.4 Å². The number of aryl methyl sites for hydroxylation is 1. The fourth-order valence-corrected chi connectivity index (χ4v) is 1.30. The molecule has 2 nitrogen and oxygen atoms in total. The number of hydrogen-bond donors (Lipinski definition) is 1. The average molecular weight is 234 g/mol. The first-order chi connectivity index (χ1) is 7.38. The van der Waals surface area contributed by atoms with Gasteiger partial charge in [0.05, 0.1) is 6.10 Å². The Morgan fingerprint density at radius 2 is 1.94 bits per heavy atom. The van der Waals surface area contributed by atoms with Crippen LogP contribution in [-0.2, 0) is 6.42 Å². The van der Waals surface area contributed by atoms with Crippen LogP contribution in [0, 0.1) is 0 Å². The van der Waals surface area contributed by atoms with Crippen molar-refractivity contribution in [1.82, 2.24) is 0 Å². The van der Waals surface area contributed by atoms with Crippen molar-refractivity contribution >= 4 is 0 Å². The fourth-order valence-electron chi connectivity index (χ4n) is 1.30. The summed E-state index contributed by atoms with van der Waals surface area (Å²) >= 11 is 0. The van der Waals surface area contributed by atoms with Gasteiger partial charge >= 0.3 is 6.36 Å². The highest BCUT2D eigenvalue weighted by atomic mass is 19.4. The summed E-state index contributed by atoms with van der Waals surface area (Å²) in [6.07, 6.45) is -4.47. The summed E-state index contributed by atoms with van der Waals surface area (Å²) in [5, 5.41) is 9.07. The van der Waals surface area contributed by atoms with Crippen molar-refractivity contribution in [3.63, 3.8) is 0 Å². The molecule has 0 aliphatic carbocycles. The molecule has 16 heavy (non-hydrogen) atoms. The van der Waals surface area contributed by atoms with E-state index < -0.39 is 12.5 Å². The second-order valence-electron chi connectivity index (χ2n) is 3.54. The normalized spacial score (nSPS) is 13.6. The Bertz CT molecular complexity index is 334. The molecule has 1 atom stereocenters. The molecule has 0 saturated carbocycles. The molecule has 0 radical (unpaired) electrons. The maximum atomic E-state index is 12.0. The molecule has 0 saturated heterocycles. The lowest BCUT2D eigenvalue weighted by Gasteiger charge is -2.13. The minimum absolute atomic E-state index is 0.198. The third kappa shape index (κ3) is 4.53. The standard InChI is InChI=1S/C11H13F3O2/c1-8(15)6-7-9-4-2-3-5-10(9)16-11(12,13)14/h2-5,8,15H,6-7H2,1H3. The van der Waals surface area contributed by atoms with E-state index in [1.807, 2.05) is 0 Å². The lowest BCUT2D eigenvalue weighted by molar-refractivity contribution is -0.274. The van der Waals surface area contributed by atoms with Crippen LogP contribution in [0.3, 0.4) is 0 Å². The zero-order valence-electron chi connectivity index (χ0n) is 8.79. The third-order valence-electron chi connectivity index (χ3n) is 2.03. The van der Waals surface area contributed by atoms with Gasteiger partial charge in [-0.05, 0) is 31.4 Å². The Balaban J connectivity index is 2.75. The van der Waals surface area contributed by atoms with E-state index in [2.05, 4.69) is 4.74 Å². The number of halogens is 3. The third-order valence-corrected chi connectivity index (χ3v) is 2.03. The molecule has 1 rings (SSSR count). The first-order valence-electron chi connectivity index (χ1n) is 4.90. The molecule has 90 valence electrons. The van der Waals surface area contributed by atoms with Gasteiger partial charge in [-0.15, -0.1) is 13.2 Å². The molecule has 0 aliphatic heterocycles. The SMILES string of the molecule is CC(O)CCc1ccccc1OC(F)(F)F. The van der Waals surface area contributed by atoms with Gasteiger partial charge in [0.15, 0.2) is 0 Å². The van der Waals surface area contributed by atoms with Crippen molar-refractivity contribution in [3.8, 4) is 5.75 Å². The summed E-state index contributed by atoms with van der Waals surface area (Å²) in [6, 6.07) is 5.95. The Hall–Kier alpha value is -1.23. The van der Waals surface area contributed by atoms with Gasteiger partial charge < -0.3 is 9.84 Å². The molecule has 1 unspecified atom stereocenters. The Labute approximate surface area is 91.7 Å². The number of para-hydroxylation sites is 1. The monoisotopic (exact) mass is 234 g/mol. The molecule has 0 heterocycles. The van der Waals surface area contributed by atoms with E-state index in [0.717, 1.165) is 0 Å². The predicted octanol–water partition coefficient (Wildman–Crippen LogP) is 2.90. The highest BCUT2D eigenvalue weighted by Gasteiger charge is 2.31. The zero-order chi connectivity index (χ0) is 12.2. The van der Waals surface area contributed by atoms with E-state index in [9.17, 15) is 13.2 Å². The molecular formula is C11H13F3O2. The number of alkyl halides is 3. The molecule has 0 fully saturated rings. The smallest absolute Gasteiger partial charge is 0.406 e. The Morgan fingerprint density at radius 1 is 1.31 bits per heavy atom. The van der Waals surface area contributed by atoms with Gasteiger partial charge in [-0.2, -0.15) is 0 Å². The minimum atomic E-state index is -4.68. The molecule has 0 aromatic heterocycles. The lowest BCUT2D eigenvalue weighted by atomic mass is 10.1. The Kier molecular flexibility index (Phi) is 4.18. The molecule has 0 amide bonds. The molecule has 0 aliphatic rings. The van der Waals surface area contributed by atoms with Crippen LogP contribution < -0.4 is 4.74 Å². The number of hydrogen-bond acceptors (Lipinski definition) is 2. The van der Waals surface area contributed by atoms with E-state index >= 15 is 0 Å². The van der Waals surface area contributed by atoms with Crippen LogP contribution in [0.15, 0.2) is 24.3 Å². The van der Waals surface area contributed by atoms with Crippen molar-refractivity contribution in [2.75, 3.05) is 0 Å². The minimum Gasteiger partial charge on any atom is -0.406 e. The number of aliphatic hydroxyl groups excluding tert-OH is 1. The van der Waals surface area contributed by atoms with Crippen LogP contribution >= 0.6 is 0 Å². The molecule has 0 spiro atoms. The van der Waals surface area contributed by atoms with Crippen molar-refractivity contribution in [2.45, 2.75) is 32.2 Å². The summed E-state index contributed by atoms with van der Waals surface area (Å²) in [4.78, 5) is 0. The number of benzene rings is 1. The maximum Gasteiger partial charge on any atom is 0.573 e. The van der Waals surface area contributed by atoms with E-state index in [1.165, 1.54) is 12.1 Å². The van der Waals surface area contributed by atoms with Gasteiger partial charge in [0.1, 0.15) is 5.75 Å². The van der Waals surface area contributed by atoms with Crippen molar-refractivity contribution in [1.29, 1.82) is 0 Å². The van der Waals surface area contributed by atoms with Gasteiger partial charge in [0.25, 0.3) is 0 Å². The van der Waals surface area contributed by atoms with Crippen LogP contribution in [0.5, 0.6) is 5.75 Å². The van der Waals surface area contributed by atoms with Gasteiger partial charge in [-0.25, -0.2) is 0 Å². The van der Waals surface area contributed by atoms with Crippen LogP contribution in [0.25, 0.3) is 0 Å². The highest BCUT2D eigenvalue weighted by molar-refractivity contribution is 5.33. The number of ether oxygens (including phenoxy) is 1. The largest absolute Gasteiger partial charge is 0.573 e. The average Bonchev–Trinajstić information content (AvgIpc) is 2.14. The van der Waals surface area contributed by atoms with Crippen molar-refractivity contribution < 1.29 is 23.0 Å². The molecule has 1 aromatic carbocycles. The van der Waals surface area contributed by atoms with Crippen LogP contribution in [-0.4, -0.2) is 17.6 Å². The molecule has 1 aromatic rings. The van der Waals surface area contributed by atoms with E-state index in [1.54, 1.807) is 19.1 Å². The quantitative estimate of drug-likeness (QED) is 0.867. The second-order valence-corrected chi connectivity index (χ2v) is 3.54. The van der Waals surface area contributed by atoms with E-state index in [-0.39, 0.29) is 5.75 Å². The molecular weight excluding hydrogens is 221 g/mol. The summed E-state index contributed by atoms with van der Waals surface area (Å²) < 4.78 is 40.0. The van der Waals surface area contributed by atoms with Crippen LogP contribution in [0.4, 0.5) is 13.2 Å². The fraction of sp³-hybridized carbons (Fsp3) is 0.455. The van der Waals surface area contributed by atoms with Gasteiger partial charge in [0, 0.05) is 0 Å². The molecule has 1 N–H and O–H groups in total. The lowest BCUT2D eigenvalue weighted by Crippen LogP contribution is -2.18. The van der Waals surface area contributed by atoms with Crippen LogP contribution in [0.1, 0.15) is 18.9 Å². The highest BCUT2D eigenvalue weighted by Crippen LogP contribution is 2.27. The second kappa shape index (κ2) is 5.21. The summed E-state index contributed by atoms with van der Waals surface area (Å²) in [5.41, 5.74) is 0.445. The first-order valence-corrected chi connectivity index (χ1v) is 4.90. The summed E-state index contributed by atoms with van der Waals surface area (Å²) in [7, 11) is 0. The molecule has 5 heteroatoms.